The first kappa shape index (κ1) is 15.1. The molecular weight excluding hydrogens is 270 g/mol. The van der Waals surface area contributed by atoms with Crippen molar-refractivity contribution in [2.45, 2.75) is 25.7 Å². The standard InChI is InChI=1S/C12H13N3O3.ClH/c1-7(16)14-8-2-4-10(13-6-8)9-3-5-11(17)15-12(9)18;/h2,4,6,9H,3,5H2,1H3,(H,14,16)(H,15,17,18);1H. The third-order valence-electron chi connectivity index (χ3n) is 2.70. The normalized spacial score (nSPS) is 18.3. The van der Waals surface area contributed by atoms with E-state index in [1.165, 1.54) is 13.1 Å². The molecule has 1 unspecified atom stereocenters. The van der Waals surface area contributed by atoms with Gasteiger partial charge in [-0.15, -0.1) is 12.4 Å². The number of halogens is 1. The summed E-state index contributed by atoms with van der Waals surface area (Å²) in [6.45, 7) is 1.41. The van der Waals surface area contributed by atoms with Gasteiger partial charge in [0.1, 0.15) is 0 Å². The fourth-order valence-electron chi connectivity index (χ4n) is 1.86. The molecule has 1 saturated heterocycles. The fourth-order valence-corrected chi connectivity index (χ4v) is 1.86. The molecule has 0 aliphatic carbocycles. The average Bonchev–Trinajstić information content (AvgIpc) is 2.30. The van der Waals surface area contributed by atoms with E-state index in [0.29, 0.717) is 24.2 Å². The number of pyridine rings is 1. The van der Waals surface area contributed by atoms with Gasteiger partial charge < -0.3 is 5.32 Å². The molecule has 102 valence electrons. The maximum atomic E-state index is 11.6. The molecule has 1 aromatic rings. The van der Waals surface area contributed by atoms with Crippen LogP contribution in [-0.4, -0.2) is 22.7 Å². The van der Waals surface area contributed by atoms with E-state index in [2.05, 4.69) is 15.6 Å². The van der Waals surface area contributed by atoms with Crippen LogP contribution in [0.2, 0.25) is 0 Å². The summed E-state index contributed by atoms with van der Waals surface area (Å²) in [5, 5.41) is 4.88. The molecule has 2 heterocycles. The van der Waals surface area contributed by atoms with Gasteiger partial charge in [0.2, 0.25) is 17.7 Å². The van der Waals surface area contributed by atoms with Crippen molar-refractivity contribution in [3.05, 3.63) is 24.0 Å². The number of hydrogen-bond donors (Lipinski definition) is 2. The van der Waals surface area contributed by atoms with E-state index in [9.17, 15) is 14.4 Å². The number of nitrogens with zero attached hydrogens (tertiary/aromatic N) is 1. The molecule has 1 aliphatic heterocycles. The highest BCUT2D eigenvalue weighted by Crippen LogP contribution is 2.23. The highest BCUT2D eigenvalue weighted by atomic mass is 35.5. The first-order valence-corrected chi connectivity index (χ1v) is 5.63. The van der Waals surface area contributed by atoms with Gasteiger partial charge in [-0.25, -0.2) is 0 Å². The molecule has 19 heavy (non-hydrogen) atoms. The van der Waals surface area contributed by atoms with Crippen LogP contribution in [0.25, 0.3) is 0 Å². The molecule has 6 nitrogen and oxygen atoms in total. The summed E-state index contributed by atoms with van der Waals surface area (Å²) < 4.78 is 0. The first-order chi connectivity index (χ1) is 8.56. The number of rotatable bonds is 2. The van der Waals surface area contributed by atoms with Gasteiger partial charge in [0, 0.05) is 13.3 Å². The SMILES string of the molecule is CC(=O)Nc1ccc(C2CCC(=O)NC2=O)nc1.Cl. The second-order valence-electron chi connectivity index (χ2n) is 4.16. The van der Waals surface area contributed by atoms with Gasteiger partial charge in [-0.05, 0) is 18.6 Å². The molecule has 2 N–H and O–H groups in total. The summed E-state index contributed by atoms with van der Waals surface area (Å²) in [4.78, 5) is 37.6. The summed E-state index contributed by atoms with van der Waals surface area (Å²) in [5.41, 5.74) is 1.19. The monoisotopic (exact) mass is 283 g/mol. The molecule has 0 aromatic carbocycles. The second kappa shape index (κ2) is 6.29. The molecular formula is C12H14ClN3O3. The van der Waals surface area contributed by atoms with E-state index in [1.807, 2.05) is 0 Å². The molecule has 0 radical (unpaired) electrons. The van der Waals surface area contributed by atoms with Gasteiger partial charge in [0.25, 0.3) is 0 Å². The van der Waals surface area contributed by atoms with E-state index in [4.69, 9.17) is 0 Å². The first-order valence-electron chi connectivity index (χ1n) is 5.63. The van der Waals surface area contributed by atoms with Gasteiger partial charge >= 0.3 is 0 Å². The summed E-state index contributed by atoms with van der Waals surface area (Å²) in [5.74, 6) is -1.13. The number of hydrogen-bond acceptors (Lipinski definition) is 4. The minimum absolute atomic E-state index is 0. The summed E-state index contributed by atoms with van der Waals surface area (Å²) >= 11 is 0. The highest BCUT2D eigenvalue weighted by molar-refractivity contribution is 6.00. The Morgan fingerprint density at radius 1 is 1.42 bits per heavy atom. The van der Waals surface area contributed by atoms with Crippen molar-refractivity contribution >= 4 is 35.8 Å². The molecule has 3 amide bonds. The number of amides is 3. The number of carbonyl (C=O) groups excluding carboxylic acids is 3. The van der Waals surface area contributed by atoms with Crippen LogP contribution < -0.4 is 10.6 Å². The number of aromatic nitrogens is 1. The zero-order chi connectivity index (χ0) is 13.1. The lowest BCUT2D eigenvalue weighted by Crippen LogP contribution is -2.39. The molecule has 1 atom stereocenters. The van der Waals surface area contributed by atoms with Crippen LogP contribution in [-0.2, 0) is 14.4 Å². The van der Waals surface area contributed by atoms with Crippen molar-refractivity contribution in [2.75, 3.05) is 5.32 Å². The Kier molecular flexibility index (Phi) is 5.00. The van der Waals surface area contributed by atoms with Crippen molar-refractivity contribution in [2.24, 2.45) is 0 Å². The summed E-state index contributed by atoms with van der Waals surface area (Å²) in [6.07, 6.45) is 2.29. The number of piperidine rings is 1. The second-order valence-corrected chi connectivity index (χ2v) is 4.16. The molecule has 1 aromatic heterocycles. The molecule has 0 saturated carbocycles. The van der Waals surface area contributed by atoms with E-state index in [-0.39, 0.29) is 30.1 Å². The molecule has 0 bridgehead atoms. The minimum Gasteiger partial charge on any atom is -0.325 e. The Hall–Kier alpha value is -1.95. The van der Waals surface area contributed by atoms with Crippen molar-refractivity contribution in [3.63, 3.8) is 0 Å². The zero-order valence-corrected chi connectivity index (χ0v) is 11.1. The molecule has 2 rings (SSSR count). The third-order valence-corrected chi connectivity index (χ3v) is 2.70. The van der Waals surface area contributed by atoms with Gasteiger partial charge in [-0.1, -0.05) is 0 Å². The van der Waals surface area contributed by atoms with Crippen LogP contribution >= 0.6 is 12.4 Å². The Labute approximate surface area is 116 Å². The Morgan fingerprint density at radius 3 is 2.68 bits per heavy atom. The Bertz CT molecular complexity index is 501. The van der Waals surface area contributed by atoms with Crippen LogP contribution in [0.1, 0.15) is 31.4 Å². The Balaban J connectivity index is 0.00000180. The predicted octanol–water partition coefficient (Wildman–Crippen LogP) is 0.982. The lowest BCUT2D eigenvalue weighted by atomic mass is 9.94. The van der Waals surface area contributed by atoms with Crippen molar-refractivity contribution in [3.8, 4) is 0 Å². The van der Waals surface area contributed by atoms with Gasteiger partial charge in [-0.2, -0.15) is 0 Å². The quantitative estimate of drug-likeness (QED) is 0.792. The van der Waals surface area contributed by atoms with E-state index < -0.39 is 5.92 Å². The van der Waals surface area contributed by atoms with Crippen molar-refractivity contribution in [1.29, 1.82) is 0 Å². The maximum Gasteiger partial charge on any atom is 0.235 e. The molecule has 7 heteroatoms. The number of nitrogens with one attached hydrogen (secondary N) is 2. The number of anilines is 1. The topological polar surface area (TPSA) is 88.2 Å². The van der Waals surface area contributed by atoms with Gasteiger partial charge in [0.05, 0.1) is 23.5 Å². The largest absolute Gasteiger partial charge is 0.325 e. The predicted molar refractivity (Wildman–Crippen MR) is 70.9 cm³/mol. The number of carbonyl (C=O) groups is 3. The molecule has 1 fully saturated rings. The van der Waals surface area contributed by atoms with Crippen LogP contribution in [0.15, 0.2) is 18.3 Å². The highest BCUT2D eigenvalue weighted by Gasteiger charge is 2.28. The van der Waals surface area contributed by atoms with Crippen LogP contribution in [0.5, 0.6) is 0 Å². The van der Waals surface area contributed by atoms with Crippen LogP contribution in [0.4, 0.5) is 5.69 Å². The summed E-state index contributed by atoms with van der Waals surface area (Å²) in [6, 6.07) is 3.37. The van der Waals surface area contributed by atoms with Gasteiger partial charge in [0.15, 0.2) is 0 Å². The van der Waals surface area contributed by atoms with E-state index >= 15 is 0 Å². The van der Waals surface area contributed by atoms with Crippen LogP contribution in [0.3, 0.4) is 0 Å². The minimum atomic E-state index is -0.394. The Morgan fingerprint density at radius 2 is 2.16 bits per heavy atom. The lowest BCUT2D eigenvalue weighted by Gasteiger charge is -2.20. The lowest BCUT2D eigenvalue weighted by molar-refractivity contribution is -0.134. The smallest absolute Gasteiger partial charge is 0.235 e. The third kappa shape index (κ3) is 3.75. The molecule has 0 spiro atoms. The maximum absolute atomic E-state index is 11.6. The molecule has 1 aliphatic rings. The van der Waals surface area contributed by atoms with E-state index in [0.717, 1.165) is 0 Å². The van der Waals surface area contributed by atoms with Crippen LogP contribution in [0, 0.1) is 0 Å². The zero-order valence-electron chi connectivity index (χ0n) is 10.3. The average molecular weight is 284 g/mol. The van der Waals surface area contributed by atoms with Gasteiger partial charge in [-0.3, -0.25) is 24.7 Å². The number of imide groups is 1. The fraction of sp³-hybridized carbons (Fsp3) is 0.333. The summed E-state index contributed by atoms with van der Waals surface area (Å²) in [7, 11) is 0. The van der Waals surface area contributed by atoms with Crippen molar-refractivity contribution < 1.29 is 14.4 Å². The van der Waals surface area contributed by atoms with Crippen molar-refractivity contribution in [1.82, 2.24) is 10.3 Å². The van der Waals surface area contributed by atoms with E-state index in [1.54, 1.807) is 12.1 Å².